The van der Waals surface area contributed by atoms with Crippen LogP contribution in [-0.2, 0) is 5.41 Å². The minimum Gasteiger partial charge on any atom is -0.312 e. The fraction of sp³-hybridized carbons (Fsp3) is 0.765. The summed E-state index contributed by atoms with van der Waals surface area (Å²) in [5.41, 5.74) is 0.284. The Labute approximate surface area is 122 Å². The number of thiophene rings is 1. The summed E-state index contributed by atoms with van der Waals surface area (Å²) in [6.45, 7) is 6.91. The van der Waals surface area contributed by atoms with Crippen molar-refractivity contribution in [1.29, 1.82) is 0 Å². The van der Waals surface area contributed by atoms with Gasteiger partial charge in [-0.3, -0.25) is 0 Å². The summed E-state index contributed by atoms with van der Waals surface area (Å²) in [6.07, 6.45) is 8.54. The summed E-state index contributed by atoms with van der Waals surface area (Å²) < 4.78 is 0. The smallest absolute Gasteiger partial charge is 0.0415 e. The molecule has 1 atom stereocenters. The van der Waals surface area contributed by atoms with Crippen molar-refractivity contribution in [3.05, 3.63) is 21.9 Å². The summed E-state index contributed by atoms with van der Waals surface area (Å²) in [4.78, 5) is 3.03. The average molecular weight is 279 g/mol. The van der Waals surface area contributed by atoms with Crippen LogP contribution in [0.4, 0.5) is 0 Å². The van der Waals surface area contributed by atoms with Crippen molar-refractivity contribution in [2.75, 3.05) is 7.05 Å². The third-order valence-electron chi connectivity index (χ3n) is 4.35. The summed E-state index contributed by atoms with van der Waals surface area (Å²) in [6, 6.07) is 5.23. The van der Waals surface area contributed by atoms with Crippen molar-refractivity contribution in [2.24, 2.45) is 5.92 Å². The fourth-order valence-electron chi connectivity index (χ4n) is 3.08. The molecule has 0 spiro atoms. The normalized spacial score (nSPS) is 19.6. The van der Waals surface area contributed by atoms with Crippen molar-refractivity contribution in [2.45, 2.75) is 70.8 Å². The highest BCUT2D eigenvalue weighted by molar-refractivity contribution is 7.12. The molecule has 0 amide bonds. The van der Waals surface area contributed by atoms with E-state index < -0.39 is 0 Å². The summed E-state index contributed by atoms with van der Waals surface area (Å²) in [5, 5.41) is 3.54. The van der Waals surface area contributed by atoms with Gasteiger partial charge in [0, 0.05) is 15.8 Å². The first-order chi connectivity index (χ1) is 9.00. The Hall–Kier alpha value is -0.340. The second-order valence-corrected chi connectivity index (χ2v) is 8.15. The maximum atomic E-state index is 3.54. The van der Waals surface area contributed by atoms with Crippen molar-refractivity contribution in [1.82, 2.24) is 5.32 Å². The van der Waals surface area contributed by atoms with E-state index in [-0.39, 0.29) is 5.41 Å². The highest BCUT2D eigenvalue weighted by atomic mass is 32.1. The second kappa shape index (κ2) is 6.41. The minimum atomic E-state index is 0.284. The van der Waals surface area contributed by atoms with Gasteiger partial charge in [-0.1, -0.05) is 52.9 Å². The van der Waals surface area contributed by atoms with Crippen molar-refractivity contribution in [3.8, 4) is 0 Å². The topological polar surface area (TPSA) is 12.0 Å². The van der Waals surface area contributed by atoms with E-state index in [9.17, 15) is 0 Å². The molecule has 1 saturated carbocycles. The second-order valence-electron chi connectivity index (χ2n) is 7.03. The van der Waals surface area contributed by atoms with E-state index in [1.165, 1.54) is 48.3 Å². The van der Waals surface area contributed by atoms with Crippen LogP contribution in [0, 0.1) is 5.92 Å². The van der Waals surface area contributed by atoms with Gasteiger partial charge in [-0.05, 0) is 36.9 Å². The van der Waals surface area contributed by atoms with E-state index in [2.05, 4.69) is 45.3 Å². The Bertz CT molecular complexity index is 382. The molecule has 19 heavy (non-hydrogen) atoms. The Kier molecular flexibility index (Phi) is 5.08. The van der Waals surface area contributed by atoms with Crippen LogP contribution in [0.5, 0.6) is 0 Å². The monoisotopic (exact) mass is 279 g/mol. The first-order valence-corrected chi connectivity index (χ1v) is 8.60. The lowest BCUT2D eigenvalue weighted by atomic mass is 9.84. The third kappa shape index (κ3) is 4.06. The number of hydrogen-bond donors (Lipinski definition) is 1. The molecule has 1 aliphatic carbocycles. The quantitative estimate of drug-likeness (QED) is 0.791. The standard InChI is InChI=1S/C17H29NS/c1-17(2,3)16-11-10-15(19-16)14(18-4)12-13-8-6-5-7-9-13/h10-11,13-14,18H,5-9,12H2,1-4H3. The molecule has 1 aromatic rings. The van der Waals surface area contributed by atoms with Crippen molar-refractivity contribution >= 4 is 11.3 Å². The lowest BCUT2D eigenvalue weighted by molar-refractivity contribution is 0.307. The Morgan fingerprint density at radius 3 is 2.42 bits per heavy atom. The average Bonchev–Trinajstić information content (AvgIpc) is 2.86. The highest BCUT2D eigenvalue weighted by Crippen LogP contribution is 2.36. The van der Waals surface area contributed by atoms with E-state index in [1.54, 1.807) is 0 Å². The molecule has 1 N–H and O–H groups in total. The summed E-state index contributed by atoms with van der Waals surface area (Å²) >= 11 is 2.00. The van der Waals surface area contributed by atoms with Crippen LogP contribution in [0.1, 0.15) is 75.1 Å². The first kappa shape index (κ1) is 15.1. The lowest BCUT2D eigenvalue weighted by Gasteiger charge is -2.26. The summed E-state index contributed by atoms with van der Waals surface area (Å²) in [7, 11) is 2.12. The number of nitrogens with one attached hydrogen (secondary N) is 1. The maximum Gasteiger partial charge on any atom is 0.0415 e. The minimum absolute atomic E-state index is 0.284. The molecule has 0 bridgehead atoms. The molecule has 1 unspecified atom stereocenters. The molecule has 0 radical (unpaired) electrons. The number of rotatable bonds is 4. The van der Waals surface area contributed by atoms with Gasteiger partial charge in [-0.15, -0.1) is 11.3 Å². The molecule has 0 saturated heterocycles. The van der Waals surface area contributed by atoms with Crippen molar-refractivity contribution in [3.63, 3.8) is 0 Å². The van der Waals surface area contributed by atoms with Gasteiger partial charge in [0.25, 0.3) is 0 Å². The first-order valence-electron chi connectivity index (χ1n) is 7.78. The molecule has 1 heterocycles. The summed E-state index contributed by atoms with van der Waals surface area (Å²) in [5.74, 6) is 0.936. The van der Waals surface area contributed by atoms with Crippen LogP contribution in [0.3, 0.4) is 0 Å². The fourth-order valence-corrected chi connectivity index (χ4v) is 4.26. The van der Waals surface area contributed by atoms with E-state index >= 15 is 0 Å². The molecule has 0 aromatic carbocycles. The van der Waals surface area contributed by atoms with E-state index in [1.807, 2.05) is 11.3 Å². The molecule has 108 valence electrons. The molecule has 2 heteroatoms. The molecule has 1 aliphatic rings. The van der Waals surface area contributed by atoms with Gasteiger partial charge in [-0.25, -0.2) is 0 Å². The molecular weight excluding hydrogens is 250 g/mol. The molecular formula is C17H29NS. The van der Waals surface area contributed by atoms with Gasteiger partial charge in [0.15, 0.2) is 0 Å². The zero-order valence-corrected chi connectivity index (χ0v) is 13.8. The molecule has 1 aromatic heterocycles. The zero-order valence-electron chi connectivity index (χ0n) is 13.0. The molecule has 2 rings (SSSR count). The molecule has 0 aliphatic heterocycles. The lowest BCUT2D eigenvalue weighted by Crippen LogP contribution is -2.20. The zero-order chi connectivity index (χ0) is 13.9. The Morgan fingerprint density at radius 1 is 1.21 bits per heavy atom. The largest absolute Gasteiger partial charge is 0.312 e. The van der Waals surface area contributed by atoms with Crippen LogP contribution in [0.15, 0.2) is 12.1 Å². The maximum absolute atomic E-state index is 3.54. The van der Waals surface area contributed by atoms with E-state index in [4.69, 9.17) is 0 Å². The predicted octanol–water partition coefficient (Wildman–Crippen LogP) is 5.28. The highest BCUT2D eigenvalue weighted by Gasteiger charge is 2.22. The van der Waals surface area contributed by atoms with Gasteiger partial charge in [0.1, 0.15) is 0 Å². The van der Waals surface area contributed by atoms with Gasteiger partial charge in [0.05, 0.1) is 0 Å². The third-order valence-corrected chi connectivity index (χ3v) is 5.98. The van der Waals surface area contributed by atoms with Crippen molar-refractivity contribution < 1.29 is 0 Å². The number of hydrogen-bond acceptors (Lipinski definition) is 2. The Balaban J connectivity index is 2.02. The van der Waals surface area contributed by atoms with Crippen LogP contribution in [0.2, 0.25) is 0 Å². The van der Waals surface area contributed by atoms with Crippen LogP contribution in [0.25, 0.3) is 0 Å². The van der Waals surface area contributed by atoms with Gasteiger partial charge in [0.2, 0.25) is 0 Å². The van der Waals surface area contributed by atoms with Gasteiger partial charge in [-0.2, -0.15) is 0 Å². The van der Waals surface area contributed by atoms with E-state index in [0.29, 0.717) is 6.04 Å². The van der Waals surface area contributed by atoms with Crippen LogP contribution < -0.4 is 5.32 Å². The van der Waals surface area contributed by atoms with Crippen LogP contribution >= 0.6 is 11.3 Å². The van der Waals surface area contributed by atoms with Gasteiger partial charge < -0.3 is 5.32 Å². The van der Waals surface area contributed by atoms with E-state index in [0.717, 1.165) is 5.92 Å². The SMILES string of the molecule is CNC(CC1CCCCC1)c1ccc(C(C)(C)C)s1. The molecule has 1 fully saturated rings. The molecule has 1 nitrogen and oxygen atoms in total. The van der Waals surface area contributed by atoms with Gasteiger partial charge >= 0.3 is 0 Å². The van der Waals surface area contributed by atoms with Crippen LogP contribution in [-0.4, -0.2) is 7.05 Å². The Morgan fingerprint density at radius 2 is 1.89 bits per heavy atom. The predicted molar refractivity (Wildman–Crippen MR) is 86.0 cm³/mol.